The van der Waals surface area contributed by atoms with E-state index in [2.05, 4.69) is 32.5 Å². The zero-order chi connectivity index (χ0) is 17.9. The molecule has 0 aliphatic carbocycles. The Morgan fingerprint density at radius 1 is 1.12 bits per heavy atom. The molecule has 26 heavy (non-hydrogen) atoms. The Kier molecular flexibility index (Phi) is 4.71. The first-order valence-electron chi connectivity index (χ1n) is 8.85. The van der Waals surface area contributed by atoms with Gasteiger partial charge in [0.2, 0.25) is 0 Å². The van der Waals surface area contributed by atoms with Crippen molar-refractivity contribution in [1.29, 1.82) is 0 Å². The van der Waals surface area contributed by atoms with Gasteiger partial charge in [-0.1, -0.05) is 18.2 Å². The van der Waals surface area contributed by atoms with Crippen molar-refractivity contribution in [3.05, 3.63) is 47.3 Å². The number of carbonyl (C=O) groups excluding carboxylic acids is 1. The van der Waals surface area contributed by atoms with Crippen molar-refractivity contribution in [3.63, 3.8) is 0 Å². The highest BCUT2D eigenvalue weighted by atomic mass is 32.1. The first-order chi connectivity index (χ1) is 12.7. The number of carbonyl (C=O) groups is 1. The number of fused-ring (bicyclic) bond motifs is 1. The molecule has 1 aromatic carbocycles. The van der Waals surface area contributed by atoms with Crippen molar-refractivity contribution in [1.82, 2.24) is 15.1 Å². The Hall–Kier alpha value is -2.67. The summed E-state index contributed by atoms with van der Waals surface area (Å²) in [7, 11) is 0. The molecule has 0 unspecified atom stereocenters. The Morgan fingerprint density at radius 3 is 2.62 bits per heavy atom. The van der Waals surface area contributed by atoms with Gasteiger partial charge in [-0.05, 0) is 36.6 Å². The fourth-order valence-corrected chi connectivity index (χ4v) is 4.18. The maximum absolute atomic E-state index is 12.8. The molecular formula is C19H21N5OS. The quantitative estimate of drug-likeness (QED) is 0.768. The highest BCUT2D eigenvalue weighted by molar-refractivity contribution is 7.20. The van der Waals surface area contributed by atoms with Crippen LogP contribution in [0.25, 0.3) is 10.1 Å². The van der Waals surface area contributed by atoms with E-state index >= 15 is 0 Å². The number of aromatic nitrogens is 2. The van der Waals surface area contributed by atoms with Crippen LogP contribution in [0.2, 0.25) is 0 Å². The second-order valence-corrected chi connectivity index (χ2v) is 7.32. The van der Waals surface area contributed by atoms with Gasteiger partial charge < -0.3 is 15.1 Å². The summed E-state index contributed by atoms with van der Waals surface area (Å²) >= 11 is 1.57. The van der Waals surface area contributed by atoms with Crippen molar-refractivity contribution in [3.8, 4) is 0 Å². The summed E-state index contributed by atoms with van der Waals surface area (Å²) in [6.07, 6.45) is 0. The predicted molar refractivity (Wildman–Crippen MR) is 106 cm³/mol. The Balaban J connectivity index is 1.40. The van der Waals surface area contributed by atoms with Crippen LogP contribution in [0.1, 0.15) is 16.6 Å². The van der Waals surface area contributed by atoms with Gasteiger partial charge in [0, 0.05) is 37.4 Å². The molecule has 0 saturated carbocycles. The molecule has 4 rings (SSSR count). The molecule has 1 fully saturated rings. The topological polar surface area (TPSA) is 61.4 Å². The van der Waals surface area contributed by atoms with Crippen LogP contribution in [0, 0.1) is 0 Å². The van der Waals surface area contributed by atoms with Crippen LogP contribution in [0.4, 0.5) is 11.6 Å². The van der Waals surface area contributed by atoms with Crippen molar-refractivity contribution in [2.45, 2.75) is 6.92 Å². The molecule has 0 bridgehead atoms. The highest BCUT2D eigenvalue weighted by Crippen LogP contribution is 2.26. The number of rotatable bonds is 4. The monoisotopic (exact) mass is 367 g/mol. The third-order valence-corrected chi connectivity index (χ3v) is 5.64. The maximum Gasteiger partial charge on any atom is 0.264 e. The van der Waals surface area contributed by atoms with Crippen molar-refractivity contribution < 1.29 is 4.79 Å². The van der Waals surface area contributed by atoms with E-state index in [0.717, 1.165) is 46.2 Å². The number of thiophene rings is 1. The molecule has 7 heteroatoms. The van der Waals surface area contributed by atoms with Gasteiger partial charge in [0.15, 0.2) is 5.82 Å². The molecule has 3 heterocycles. The lowest BCUT2D eigenvalue weighted by atomic mass is 10.2. The maximum atomic E-state index is 12.8. The third kappa shape index (κ3) is 3.35. The summed E-state index contributed by atoms with van der Waals surface area (Å²) in [6, 6.07) is 14.0. The van der Waals surface area contributed by atoms with Crippen LogP contribution in [-0.2, 0) is 0 Å². The minimum Gasteiger partial charge on any atom is -0.369 e. The lowest BCUT2D eigenvalue weighted by Crippen LogP contribution is -2.49. The van der Waals surface area contributed by atoms with Crippen LogP contribution in [-0.4, -0.2) is 53.7 Å². The molecule has 1 saturated heterocycles. The van der Waals surface area contributed by atoms with E-state index in [1.165, 1.54) is 0 Å². The summed E-state index contributed by atoms with van der Waals surface area (Å²) in [6.45, 7) is 5.79. The number of hydrogen-bond acceptors (Lipinski definition) is 6. The first-order valence-corrected chi connectivity index (χ1v) is 9.66. The number of hydrogen-bond donors (Lipinski definition) is 1. The van der Waals surface area contributed by atoms with Gasteiger partial charge in [-0.25, -0.2) is 0 Å². The summed E-state index contributed by atoms with van der Waals surface area (Å²) in [4.78, 5) is 17.7. The molecular weight excluding hydrogens is 346 g/mol. The molecule has 0 radical (unpaired) electrons. The largest absolute Gasteiger partial charge is 0.369 e. The van der Waals surface area contributed by atoms with Crippen molar-refractivity contribution in [2.24, 2.45) is 0 Å². The molecule has 1 aliphatic rings. The minimum atomic E-state index is 0.124. The number of benzene rings is 1. The SMILES string of the molecule is CCNc1ccc(N2CCN(C(=O)c3cc4ccccc4s3)CC2)nn1. The summed E-state index contributed by atoms with van der Waals surface area (Å²) in [5.41, 5.74) is 0. The number of anilines is 2. The van der Waals surface area contributed by atoms with E-state index in [9.17, 15) is 4.79 Å². The molecule has 2 aromatic heterocycles. The molecule has 0 spiro atoms. The number of nitrogens with one attached hydrogen (secondary N) is 1. The highest BCUT2D eigenvalue weighted by Gasteiger charge is 2.24. The normalized spacial score (nSPS) is 14.7. The van der Waals surface area contributed by atoms with Gasteiger partial charge in [-0.15, -0.1) is 21.5 Å². The Labute approximate surface area is 156 Å². The lowest BCUT2D eigenvalue weighted by Gasteiger charge is -2.35. The molecule has 1 aliphatic heterocycles. The van der Waals surface area contributed by atoms with Gasteiger partial charge in [0.1, 0.15) is 5.82 Å². The molecule has 134 valence electrons. The second-order valence-electron chi connectivity index (χ2n) is 6.23. The van der Waals surface area contributed by atoms with Gasteiger partial charge >= 0.3 is 0 Å². The summed E-state index contributed by atoms with van der Waals surface area (Å²) in [5.74, 6) is 1.77. The molecule has 1 amide bonds. The molecule has 0 atom stereocenters. The Bertz CT molecular complexity index is 867. The molecule has 3 aromatic rings. The number of amides is 1. The van der Waals surface area contributed by atoms with Crippen LogP contribution < -0.4 is 10.2 Å². The molecule has 1 N–H and O–H groups in total. The smallest absolute Gasteiger partial charge is 0.264 e. The van der Waals surface area contributed by atoms with Crippen molar-refractivity contribution >= 4 is 39.0 Å². The van der Waals surface area contributed by atoms with E-state index in [0.29, 0.717) is 13.1 Å². The van der Waals surface area contributed by atoms with Gasteiger partial charge in [-0.2, -0.15) is 0 Å². The van der Waals surface area contributed by atoms with Crippen LogP contribution in [0.5, 0.6) is 0 Å². The van der Waals surface area contributed by atoms with E-state index in [-0.39, 0.29) is 5.91 Å². The average molecular weight is 367 g/mol. The van der Waals surface area contributed by atoms with E-state index in [4.69, 9.17) is 0 Å². The minimum absolute atomic E-state index is 0.124. The zero-order valence-electron chi connectivity index (χ0n) is 14.7. The van der Waals surface area contributed by atoms with Gasteiger partial charge in [-0.3, -0.25) is 4.79 Å². The average Bonchev–Trinajstić information content (AvgIpc) is 3.13. The van der Waals surface area contributed by atoms with E-state index in [1.54, 1.807) is 11.3 Å². The van der Waals surface area contributed by atoms with E-state index < -0.39 is 0 Å². The first kappa shape index (κ1) is 16.8. The Morgan fingerprint density at radius 2 is 1.92 bits per heavy atom. The zero-order valence-corrected chi connectivity index (χ0v) is 15.5. The lowest BCUT2D eigenvalue weighted by molar-refractivity contribution is 0.0751. The standard InChI is InChI=1S/C19H21N5OS/c1-2-20-17-7-8-18(22-21-17)23-9-11-24(12-10-23)19(25)16-13-14-5-3-4-6-15(14)26-16/h3-8,13H,2,9-12H2,1H3,(H,20,21). The van der Waals surface area contributed by atoms with Crippen LogP contribution in [0.15, 0.2) is 42.5 Å². The predicted octanol–water partition coefficient (Wildman–Crippen LogP) is 3.09. The van der Waals surface area contributed by atoms with Crippen molar-refractivity contribution in [2.75, 3.05) is 42.9 Å². The fraction of sp³-hybridized carbons (Fsp3) is 0.316. The molecule has 6 nitrogen and oxygen atoms in total. The second kappa shape index (κ2) is 7.29. The van der Waals surface area contributed by atoms with E-state index in [1.807, 2.05) is 42.2 Å². The number of nitrogens with zero attached hydrogens (tertiary/aromatic N) is 4. The summed E-state index contributed by atoms with van der Waals surface area (Å²) < 4.78 is 1.16. The third-order valence-electron chi connectivity index (χ3n) is 4.54. The fourth-order valence-electron chi connectivity index (χ4n) is 3.15. The summed E-state index contributed by atoms with van der Waals surface area (Å²) in [5, 5.41) is 12.8. The van der Waals surface area contributed by atoms with Crippen LogP contribution in [0.3, 0.4) is 0 Å². The van der Waals surface area contributed by atoms with Crippen LogP contribution >= 0.6 is 11.3 Å². The number of piperazine rings is 1. The van der Waals surface area contributed by atoms with Gasteiger partial charge in [0.25, 0.3) is 5.91 Å². The van der Waals surface area contributed by atoms with Gasteiger partial charge in [0.05, 0.1) is 4.88 Å².